The third kappa shape index (κ3) is 2.68. The molecule has 5 nitrogen and oxygen atoms in total. The van der Waals surface area contributed by atoms with Crippen LogP contribution in [0.5, 0.6) is 5.75 Å². The lowest BCUT2D eigenvalue weighted by Crippen LogP contribution is -2.09. The van der Waals surface area contributed by atoms with Crippen molar-refractivity contribution in [3.05, 3.63) is 30.2 Å². The fourth-order valence-corrected chi connectivity index (χ4v) is 1.68. The predicted octanol–water partition coefficient (Wildman–Crippen LogP) is 2.55. The lowest BCUT2D eigenvalue weighted by molar-refractivity contribution is 0.348. The second kappa shape index (κ2) is 5.64. The zero-order valence-corrected chi connectivity index (χ0v) is 10.6. The molecule has 1 aromatic carbocycles. The van der Waals surface area contributed by atoms with E-state index in [1.54, 1.807) is 7.11 Å². The smallest absolute Gasteiger partial charge is 0.243 e. The normalized spacial score (nSPS) is 12.4. The van der Waals surface area contributed by atoms with E-state index in [1.165, 1.54) is 0 Å². The van der Waals surface area contributed by atoms with Gasteiger partial charge in [-0.05, 0) is 30.7 Å². The fraction of sp³-hybridized carbons (Fsp3) is 0.385. The van der Waals surface area contributed by atoms with Gasteiger partial charge in [0.2, 0.25) is 11.7 Å². The van der Waals surface area contributed by atoms with Crippen molar-refractivity contribution < 1.29 is 9.26 Å². The minimum absolute atomic E-state index is 0.186. The van der Waals surface area contributed by atoms with E-state index in [2.05, 4.69) is 17.1 Å². The first kappa shape index (κ1) is 12.6. The second-order valence-corrected chi connectivity index (χ2v) is 4.08. The summed E-state index contributed by atoms with van der Waals surface area (Å²) in [4.78, 5) is 4.31. The largest absolute Gasteiger partial charge is 0.497 e. The van der Waals surface area contributed by atoms with Gasteiger partial charge in [0.25, 0.3) is 0 Å². The molecule has 0 saturated heterocycles. The van der Waals surface area contributed by atoms with E-state index in [0.717, 1.165) is 24.2 Å². The number of ether oxygens (including phenoxy) is 1. The minimum Gasteiger partial charge on any atom is -0.497 e. The Morgan fingerprint density at radius 1 is 1.33 bits per heavy atom. The number of methoxy groups -OCH3 is 1. The molecular formula is C13H17N3O2. The highest BCUT2D eigenvalue weighted by atomic mass is 16.5. The van der Waals surface area contributed by atoms with Crippen LogP contribution in [0.15, 0.2) is 28.8 Å². The van der Waals surface area contributed by atoms with Crippen molar-refractivity contribution in [1.82, 2.24) is 10.1 Å². The lowest BCUT2D eigenvalue weighted by Gasteiger charge is -2.02. The van der Waals surface area contributed by atoms with Gasteiger partial charge in [-0.15, -0.1) is 0 Å². The van der Waals surface area contributed by atoms with Gasteiger partial charge in [0.15, 0.2) is 0 Å². The maximum absolute atomic E-state index is 5.93. The molecular weight excluding hydrogens is 230 g/mol. The summed E-state index contributed by atoms with van der Waals surface area (Å²) in [6.45, 7) is 2.07. The van der Waals surface area contributed by atoms with Crippen LogP contribution in [0, 0.1) is 0 Å². The van der Waals surface area contributed by atoms with Gasteiger partial charge < -0.3 is 15.0 Å². The van der Waals surface area contributed by atoms with E-state index in [4.69, 9.17) is 15.0 Å². The molecule has 0 spiro atoms. The van der Waals surface area contributed by atoms with Crippen molar-refractivity contribution in [1.29, 1.82) is 0 Å². The van der Waals surface area contributed by atoms with Crippen LogP contribution in [-0.4, -0.2) is 17.3 Å². The first-order valence-electron chi connectivity index (χ1n) is 5.98. The van der Waals surface area contributed by atoms with Gasteiger partial charge in [0.1, 0.15) is 5.75 Å². The highest BCUT2D eigenvalue weighted by molar-refractivity contribution is 5.55. The van der Waals surface area contributed by atoms with Gasteiger partial charge in [-0.2, -0.15) is 4.98 Å². The Kier molecular flexibility index (Phi) is 3.94. The summed E-state index contributed by atoms with van der Waals surface area (Å²) in [5.74, 6) is 1.84. The summed E-state index contributed by atoms with van der Waals surface area (Å²) in [6.07, 6.45) is 1.83. The number of benzene rings is 1. The summed E-state index contributed by atoms with van der Waals surface area (Å²) in [6, 6.07) is 7.31. The molecule has 18 heavy (non-hydrogen) atoms. The van der Waals surface area contributed by atoms with Gasteiger partial charge >= 0.3 is 0 Å². The highest BCUT2D eigenvalue weighted by Gasteiger charge is 2.14. The molecule has 2 aromatic rings. The first-order chi connectivity index (χ1) is 8.74. The van der Waals surface area contributed by atoms with Crippen molar-refractivity contribution >= 4 is 0 Å². The van der Waals surface area contributed by atoms with Crippen molar-refractivity contribution in [3.63, 3.8) is 0 Å². The van der Waals surface area contributed by atoms with Crippen LogP contribution >= 0.6 is 0 Å². The Hall–Kier alpha value is -1.88. The number of nitrogens with two attached hydrogens (primary N) is 1. The Bertz CT molecular complexity index is 493. The van der Waals surface area contributed by atoms with Crippen molar-refractivity contribution in [2.45, 2.75) is 25.8 Å². The zero-order chi connectivity index (χ0) is 13.0. The molecule has 0 saturated carbocycles. The van der Waals surface area contributed by atoms with Crippen LogP contribution < -0.4 is 10.5 Å². The summed E-state index contributed by atoms with van der Waals surface area (Å²) in [7, 11) is 1.63. The van der Waals surface area contributed by atoms with E-state index in [1.807, 2.05) is 24.3 Å². The van der Waals surface area contributed by atoms with Gasteiger partial charge in [-0.3, -0.25) is 0 Å². The van der Waals surface area contributed by atoms with Gasteiger partial charge in [-0.25, -0.2) is 0 Å². The molecule has 0 fully saturated rings. The third-order valence-corrected chi connectivity index (χ3v) is 2.71. The predicted molar refractivity (Wildman–Crippen MR) is 68.1 cm³/mol. The molecule has 96 valence electrons. The molecule has 0 aliphatic heterocycles. The maximum Gasteiger partial charge on any atom is 0.243 e. The zero-order valence-electron chi connectivity index (χ0n) is 10.6. The van der Waals surface area contributed by atoms with Gasteiger partial charge in [0.05, 0.1) is 13.2 Å². The molecule has 1 atom stereocenters. The Morgan fingerprint density at radius 3 is 2.67 bits per heavy atom. The van der Waals surface area contributed by atoms with Crippen LogP contribution in [0.4, 0.5) is 0 Å². The molecule has 0 aliphatic carbocycles. The summed E-state index contributed by atoms with van der Waals surface area (Å²) >= 11 is 0. The molecule has 1 unspecified atom stereocenters. The number of hydrogen-bond acceptors (Lipinski definition) is 5. The van der Waals surface area contributed by atoms with Crippen LogP contribution in [0.2, 0.25) is 0 Å². The van der Waals surface area contributed by atoms with Crippen LogP contribution in [0.1, 0.15) is 31.7 Å². The molecule has 2 rings (SSSR count). The second-order valence-electron chi connectivity index (χ2n) is 4.08. The van der Waals surface area contributed by atoms with Gasteiger partial charge in [-0.1, -0.05) is 18.5 Å². The monoisotopic (exact) mass is 247 g/mol. The quantitative estimate of drug-likeness (QED) is 0.878. The van der Waals surface area contributed by atoms with E-state index in [-0.39, 0.29) is 6.04 Å². The van der Waals surface area contributed by atoms with Crippen molar-refractivity contribution in [2.24, 2.45) is 5.73 Å². The standard InChI is InChI=1S/C13H17N3O2/c1-3-4-11(14)13-15-12(16-18-13)9-5-7-10(17-2)8-6-9/h5-8,11H,3-4,14H2,1-2H3. The fourth-order valence-electron chi connectivity index (χ4n) is 1.68. The van der Waals surface area contributed by atoms with Gasteiger partial charge in [0, 0.05) is 5.56 Å². The Morgan fingerprint density at radius 2 is 2.06 bits per heavy atom. The van der Waals surface area contributed by atoms with E-state index in [9.17, 15) is 0 Å². The molecule has 0 bridgehead atoms. The topological polar surface area (TPSA) is 74.2 Å². The molecule has 5 heteroatoms. The third-order valence-electron chi connectivity index (χ3n) is 2.71. The molecule has 0 aliphatic rings. The molecule has 1 aromatic heterocycles. The average molecular weight is 247 g/mol. The number of rotatable bonds is 5. The number of aromatic nitrogens is 2. The Labute approximate surface area is 106 Å². The highest BCUT2D eigenvalue weighted by Crippen LogP contribution is 2.22. The SMILES string of the molecule is CCCC(N)c1nc(-c2ccc(OC)cc2)no1. The van der Waals surface area contributed by atoms with E-state index in [0.29, 0.717) is 11.7 Å². The van der Waals surface area contributed by atoms with Crippen LogP contribution in [-0.2, 0) is 0 Å². The lowest BCUT2D eigenvalue weighted by atomic mass is 10.2. The molecule has 2 N–H and O–H groups in total. The molecule has 0 amide bonds. The first-order valence-corrected chi connectivity index (χ1v) is 5.98. The van der Waals surface area contributed by atoms with Crippen molar-refractivity contribution in [2.75, 3.05) is 7.11 Å². The molecule has 1 heterocycles. The average Bonchev–Trinajstić information content (AvgIpc) is 2.89. The Balaban J connectivity index is 2.18. The van der Waals surface area contributed by atoms with E-state index < -0.39 is 0 Å². The van der Waals surface area contributed by atoms with Crippen LogP contribution in [0.3, 0.4) is 0 Å². The number of hydrogen-bond donors (Lipinski definition) is 1. The van der Waals surface area contributed by atoms with Crippen LogP contribution in [0.25, 0.3) is 11.4 Å². The van der Waals surface area contributed by atoms with Crippen molar-refractivity contribution in [3.8, 4) is 17.1 Å². The summed E-state index contributed by atoms with van der Waals surface area (Å²) in [5, 5.41) is 3.94. The summed E-state index contributed by atoms with van der Waals surface area (Å²) < 4.78 is 10.3. The summed E-state index contributed by atoms with van der Waals surface area (Å²) in [5.41, 5.74) is 6.81. The molecule has 0 radical (unpaired) electrons. The van der Waals surface area contributed by atoms with E-state index >= 15 is 0 Å². The minimum atomic E-state index is -0.186. The maximum atomic E-state index is 5.93. The number of nitrogens with zero attached hydrogens (tertiary/aromatic N) is 2.